The fourth-order valence-corrected chi connectivity index (χ4v) is 16.2. The number of aliphatic hydroxyl groups is 1. The second-order valence-corrected chi connectivity index (χ2v) is 31.0. The van der Waals surface area contributed by atoms with Gasteiger partial charge in [-0.15, -0.1) is 0 Å². The van der Waals surface area contributed by atoms with Gasteiger partial charge in [0.05, 0.1) is 96.9 Å². The predicted molar refractivity (Wildman–Crippen MR) is 427 cm³/mol. The first-order valence-corrected chi connectivity index (χ1v) is 40.0. The quantitative estimate of drug-likeness (QED) is 0.0501. The highest BCUT2D eigenvalue weighted by Gasteiger charge is 2.42. The van der Waals surface area contributed by atoms with Crippen molar-refractivity contribution >= 4 is 57.7 Å². The van der Waals surface area contributed by atoms with Crippen LogP contribution in [0.3, 0.4) is 0 Å². The van der Waals surface area contributed by atoms with E-state index in [0.29, 0.717) is 48.2 Å². The molecule has 5 atom stereocenters. The molecule has 6 aliphatic carbocycles. The highest BCUT2D eigenvalue weighted by Crippen LogP contribution is 2.47. The Bertz CT molecular complexity index is 4580. The van der Waals surface area contributed by atoms with E-state index in [0.717, 1.165) is 167 Å². The number of benzene rings is 4. The molecule has 7 aromatic rings. The van der Waals surface area contributed by atoms with Crippen molar-refractivity contribution in [1.82, 2.24) is 19.9 Å². The van der Waals surface area contributed by atoms with E-state index in [1.165, 1.54) is 58.0 Å². The van der Waals surface area contributed by atoms with Crippen molar-refractivity contribution in [1.29, 1.82) is 15.8 Å². The summed E-state index contributed by atoms with van der Waals surface area (Å²) in [5.74, 6) is 3.08. The predicted octanol–water partition coefficient (Wildman–Crippen LogP) is 19.2. The largest absolute Gasteiger partial charge is 0.493 e. The molecule has 0 bridgehead atoms. The summed E-state index contributed by atoms with van der Waals surface area (Å²) in [7, 11) is 6.26. The number of nitriles is 3. The summed E-state index contributed by atoms with van der Waals surface area (Å²) in [5, 5.41) is 45.5. The van der Waals surface area contributed by atoms with Gasteiger partial charge in [0.2, 0.25) is 0 Å². The van der Waals surface area contributed by atoms with E-state index in [1.54, 1.807) is 38.2 Å². The average molecular weight is 1630 g/mol. The van der Waals surface area contributed by atoms with Crippen molar-refractivity contribution in [3.8, 4) is 64.2 Å². The number of amides is 2. The van der Waals surface area contributed by atoms with Gasteiger partial charge in [0.15, 0.2) is 46.0 Å². The summed E-state index contributed by atoms with van der Waals surface area (Å²) in [6, 6.07) is 34.9. The van der Waals surface area contributed by atoms with Crippen LogP contribution in [0.2, 0.25) is 10.0 Å². The molecule has 6 aliphatic rings. The van der Waals surface area contributed by atoms with E-state index in [4.69, 9.17) is 56.4 Å². The molecular formula is C87H102Cl2F4N8O14. The second kappa shape index (κ2) is 43.0. The van der Waals surface area contributed by atoms with Crippen LogP contribution < -0.4 is 54.1 Å². The zero-order valence-electron chi connectivity index (χ0n) is 65.9. The van der Waals surface area contributed by atoms with E-state index in [1.807, 2.05) is 72.8 Å². The van der Waals surface area contributed by atoms with Crippen LogP contribution in [0.25, 0.3) is 11.0 Å². The molecule has 3 heterocycles. The lowest BCUT2D eigenvalue weighted by Gasteiger charge is -2.36. The number of carbonyl (C=O) groups is 3. The molecule has 0 spiro atoms. The number of ketones is 1. The molecule has 5 unspecified atom stereocenters. The maximum atomic E-state index is 12.4. The highest BCUT2D eigenvalue weighted by atomic mass is 35.5. The van der Waals surface area contributed by atoms with Crippen molar-refractivity contribution < 1.29 is 79.7 Å². The molecule has 3 N–H and O–H groups in total. The molecule has 115 heavy (non-hydrogen) atoms. The maximum absolute atomic E-state index is 12.4. The number of halogens is 6. The number of aromatic nitrogens is 3. The van der Waals surface area contributed by atoms with Gasteiger partial charge in [-0.25, -0.2) is 9.78 Å². The number of alkyl halides is 4. The Kier molecular flexibility index (Phi) is 33.3. The summed E-state index contributed by atoms with van der Waals surface area (Å²) in [6.07, 6.45) is 28.0. The lowest BCUT2D eigenvalue weighted by atomic mass is 9.67. The number of carbonyl (C=O) groups excluding carboxylic acids is 3. The lowest BCUT2D eigenvalue weighted by molar-refractivity contribution is -0.121. The van der Waals surface area contributed by atoms with Crippen LogP contribution >= 0.6 is 23.2 Å². The summed E-state index contributed by atoms with van der Waals surface area (Å²) in [5.41, 5.74) is 1.61. The Morgan fingerprint density at radius 1 is 0.591 bits per heavy atom. The Hall–Kier alpha value is -10.1. The maximum Gasteiger partial charge on any atom is 0.407 e. The van der Waals surface area contributed by atoms with Gasteiger partial charge in [-0.2, -0.15) is 33.3 Å². The Labute approximate surface area is 679 Å². The smallest absolute Gasteiger partial charge is 0.407 e. The number of rotatable bonds is 23. The number of fused-ring (bicyclic) bond motifs is 1. The van der Waals surface area contributed by atoms with Gasteiger partial charge in [-0.3, -0.25) is 23.9 Å². The third-order valence-corrected chi connectivity index (χ3v) is 22.5. The Morgan fingerprint density at radius 2 is 1.08 bits per heavy atom. The van der Waals surface area contributed by atoms with Crippen LogP contribution in [0.4, 0.5) is 28.0 Å². The minimum atomic E-state index is -3.30. The third kappa shape index (κ3) is 24.3. The van der Waals surface area contributed by atoms with Crippen LogP contribution in [0.5, 0.6) is 46.0 Å². The first kappa shape index (κ1) is 88.9. The molecule has 28 heteroatoms. The van der Waals surface area contributed by atoms with Crippen molar-refractivity contribution in [2.75, 3.05) is 40.4 Å². The number of methoxy groups -OCH3 is 4. The van der Waals surface area contributed by atoms with Gasteiger partial charge >= 0.3 is 19.3 Å². The average Bonchev–Trinajstić information content (AvgIpc) is 1.15. The van der Waals surface area contributed by atoms with Crippen LogP contribution in [-0.4, -0.2) is 110 Å². The van der Waals surface area contributed by atoms with Crippen LogP contribution in [0.1, 0.15) is 201 Å². The SMILES string of the molecule is CC(C)CCn1c(=O)ccc2cccnc21.COC(=O)NC1CCCC(C#N)(c2ccc(OC)c(OC3CCCC3)c2)C1.COc1ccc(C2(C#N)CCCC(=O)C2)cc1OC1CCCC1.COc1ccc(C2(C#N)CCCC(CO)C2)cc1OC1CCCC1.O=C(Nc1c(Cl)cncc1Cl)c1ccc(OC(F)F)c(OC(F)F)c1. The van der Waals surface area contributed by atoms with Gasteiger partial charge in [-0.05, 0) is 243 Å². The van der Waals surface area contributed by atoms with E-state index in [-0.39, 0.29) is 69.5 Å². The Morgan fingerprint density at radius 3 is 1.56 bits per heavy atom. The number of aliphatic hydroxyl groups excluding tert-OH is 1. The molecule has 2 amide bonds. The van der Waals surface area contributed by atoms with Gasteiger partial charge in [0.1, 0.15) is 11.4 Å². The van der Waals surface area contributed by atoms with Crippen molar-refractivity contribution in [3.63, 3.8) is 0 Å². The summed E-state index contributed by atoms with van der Waals surface area (Å²) in [4.78, 5) is 55.4. The van der Waals surface area contributed by atoms with Crippen molar-refractivity contribution in [3.05, 3.63) is 158 Å². The Balaban J connectivity index is 0.000000166. The minimum absolute atomic E-state index is 0.0341. The number of hydrogen-bond acceptors (Lipinski definition) is 19. The van der Waals surface area contributed by atoms with Crippen LogP contribution in [0, 0.1) is 45.8 Å². The normalized spacial score (nSPS) is 20.7. The number of anilines is 1. The van der Waals surface area contributed by atoms with E-state index < -0.39 is 53.0 Å². The van der Waals surface area contributed by atoms with Gasteiger partial charge in [0.25, 0.3) is 11.5 Å². The van der Waals surface area contributed by atoms with Gasteiger partial charge < -0.3 is 58.4 Å². The van der Waals surface area contributed by atoms with Crippen LogP contribution in [-0.2, 0) is 32.3 Å². The lowest BCUT2D eigenvalue weighted by Crippen LogP contribution is -2.43. The van der Waals surface area contributed by atoms with Crippen LogP contribution in [0.15, 0.2) is 120 Å². The topological polar surface area (TPSA) is 298 Å². The molecule has 0 saturated heterocycles. The number of nitrogens with one attached hydrogen (secondary N) is 2. The van der Waals surface area contributed by atoms with Gasteiger partial charge in [0, 0.05) is 67.6 Å². The molecule has 6 saturated carbocycles. The van der Waals surface area contributed by atoms with E-state index >= 15 is 0 Å². The fraction of sp³-hybridized carbons (Fsp3) is 0.506. The number of pyridine rings is 3. The minimum Gasteiger partial charge on any atom is -0.493 e. The van der Waals surface area contributed by atoms with Gasteiger partial charge in [-0.1, -0.05) is 61.7 Å². The van der Waals surface area contributed by atoms with Crippen molar-refractivity contribution in [2.24, 2.45) is 11.8 Å². The molecule has 6 fully saturated rings. The summed E-state index contributed by atoms with van der Waals surface area (Å²) in [6.45, 7) is -1.35. The molecule has 0 aliphatic heterocycles. The second-order valence-electron chi connectivity index (χ2n) is 30.2. The molecule has 616 valence electrons. The zero-order chi connectivity index (χ0) is 82.7. The molecule has 22 nitrogen and oxygen atoms in total. The molecule has 3 aromatic heterocycles. The number of aryl methyl sites for hydroxylation is 1. The fourth-order valence-electron chi connectivity index (χ4n) is 15.8. The molecule has 13 rings (SSSR count). The monoisotopic (exact) mass is 1630 g/mol. The molecule has 0 radical (unpaired) electrons. The molecular weight excluding hydrogens is 1530 g/mol. The number of nitrogens with zero attached hydrogens (tertiary/aromatic N) is 6. The van der Waals surface area contributed by atoms with E-state index in [9.17, 15) is 57.6 Å². The zero-order valence-corrected chi connectivity index (χ0v) is 67.4. The first-order chi connectivity index (χ1) is 55.4. The standard InChI is InChI=1S/C21H28N2O4.C20H27NO3.C19H23NO3.C14H8Cl2F4N2O3.C13H16N2O/c1-25-18-10-9-15(12-19(18)27-17-7-3-4-8-17)21(14-22)11-5-6-16(13-21)23-20(24)26-2;1-23-18-9-8-16(11-19(18)24-17-6-2-3-7-17)20(14-21)10-4-5-15(12-20)13-22;1-22-17-9-8-14(11-18(17)23-16-6-2-3-7-16)19(13-20)10-4-5-15(21)12-19;15-7-4-21-5-8(16)11(7)22-12(23)6-1-2-9(24-13(17)18)10(3-6)25-14(19)20;1-10(2)7-9-15-12(16)6-5-11-4-3-8-14-13(11)15/h9-10,12,16-17H,3-8,11,13H2,1-2H3,(H,23,24);8-9,11,15,17,22H,2-7,10,12-13H2,1H3;8-9,11,16H,2-7,10,12H2,1H3;1-5,13-14H,(H,21,22,23);3-6,8,10H,7,9H2,1-2H3. The number of Topliss-reactive ketones (excluding diaryl/α,β-unsaturated/α-hetero) is 1. The highest BCUT2D eigenvalue weighted by molar-refractivity contribution is 6.39. The number of hydrogen-bond donors (Lipinski definition) is 3. The summed E-state index contributed by atoms with van der Waals surface area (Å²) < 4.78 is 98.9. The number of alkyl carbamates (subject to hydrolysis) is 1. The van der Waals surface area contributed by atoms with E-state index in [2.05, 4.69) is 62.1 Å². The first-order valence-electron chi connectivity index (χ1n) is 39.3. The van der Waals surface area contributed by atoms with Crippen molar-refractivity contribution in [2.45, 2.75) is 235 Å². The third-order valence-electron chi connectivity index (χ3n) is 21.9. The summed E-state index contributed by atoms with van der Waals surface area (Å²) >= 11 is 11.7. The number of ether oxygens (including phenoxy) is 9. The molecule has 4 aromatic carbocycles.